The first-order valence-electron chi connectivity index (χ1n) is 9.47. The monoisotopic (exact) mass is 356 g/mol. The molecule has 1 heterocycles. The topological polar surface area (TPSA) is 23.6 Å². The Hall–Kier alpha value is -2.91. The van der Waals surface area contributed by atoms with E-state index in [1.165, 1.54) is 16.7 Å². The molecule has 0 N–H and O–H groups in total. The SMILES string of the molecule is CC1C(=O)N(c2ccc(-c3ccccc3)cc2)CCN1Cc1ccccc1. The second kappa shape index (κ2) is 7.77. The van der Waals surface area contributed by atoms with Gasteiger partial charge in [0.25, 0.3) is 0 Å². The van der Waals surface area contributed by atoms with Crippen molar-refractivity contribution in [3.63, 3.8) is 0 Å². The van der Waals surface area contributed by atoms with Crippen LogP contribution in [-0.4, -0.2) is 29.9 Å². The van der Waals surface area contributed by atoms with E-state index in [0.717, 1.165) is 25.3 Å². The fraction of sp³-hybridized carbons (Fsp3) is 0.208. The van der Waals surface area contributed by atoms with Crippen LogP contribution in [0.5, 0.6) is 0 Å². The van der Waals surface area contributed by atoms with Crippen LogP contribution in [0.25, 0.3) is 11.1 Å². The third-order valence-corrected chi connectivity index (χ3v) is 5.30. The molecule has 1 fully saturated rings. The molecule has 0 bridgehead atoms. The number of benzene rings is 3. The summed E-state index contributed by atoms with van der Waals surface area (Å²) in [7, 11) is 0. The maximum absolute atomic E-state index is 13.0. The molecule has 3 heteroatoms. The number of amides is 1. The van der Waals surface area contributed by atoms with E-state index in [0.29, 0.717) is 0 Å². The normalized spacial score (nSPS) is 17.9. The molecule has 1 saturated heterocycles. The molecule has 1 atom stereocenters. The van der Waals surface area contributed by atoms with Gasteiger partial charge in [0.1, 0.15) is 0 Å². The molecular weight excluding hydrogens is 332 g/mol. The molecule has 0 spiro atoms. The summed E-state index contributed by atoms with van der Waals surface area (Å²) < 4.78 is 0. The van der Waals surface area contributed by atoms with Crippen LogP contribution in [0.1, 0.15) is 12.5 Å². The van der Waals surface area contributed by atoms with Crippen molar-refractivity contribution in [1.82, 2.24) is 4.90 Å². The van der Waals surface area contributed by atoms with Crippen LogP contribution in [0, 0.1) is 0 Å². The first-order valence-corrected chi connectivity index (χ1v) is 9.47. The van der Waals surface area contributed by atoms with Gasteiger partial charge >= 0.3 is 0 Å². The number of rotatable bonds is 4. The smallest absolute Gasteiger partial charge is 0.244 e. The van der Waals surface area contributed by atoms with Crippen LogP contribution in [0.4, 0.5) is 5.69 Å². The van der Waals surface area contributed by atoms with E-state index in [-0.39, 0.29) is 11.9 Å². The lowest BCUT2D eigenvalue weighted by Gasteiger charge is -2.39. The number of hydrogen-bond donors (Lipinski definition) is 0. The van der Waals surface area contributed by atoms with E-state index >= 15 is 0 Å². The molecule has 3 aromatic rings. The van der Waals surface area contributed by atoms with Crippen LogP contribution < -0.4 is 4.90 Å². The van der Waals surface area contributed by atoms with Gasteiger partial charge in [-0.15, -0.1) is 0 Å². The molecule has 27 heavy (non-hydrogen) atoms. The largest absolute Gasteiger partial charge is 0.310 e. The molecule has 1 aliphatic heterocycles. The molecule has 3 aromatic carbocycles. The Kier molecular flexibility index (Phi) is 5.03. The highest BCUT2D eigenvalue weighted by Gasteiger charge is 2.32. The van der Waals surface area contributed by atoms with Crippen molar-refractivity contribution in [2.24, 2.45) is 0 Å². The summed E-state index contributed by atoms with van der Waals surface area (Å²) >= 11 is 0. The van der Waals surface area contributed by atoms with Crippen LogP contribution in [0.3, 0.4) is 0 Å². The summed E-state index contributed by atoms with van der Waals surface area (Å²) in [6.07, 6.45) is 0. The minimum Gasteiger partial charge on any atom is -0.310 e. The summed E-state index contributed by atoms with van der Waals surface area (Å²) in [5.41, 5.74) is 4.59. The van der Waals surface area contributed by atoms with Gasteiger partial charge in [0.05, 0.1) is 6.04 Å². The number of carbonyl (C=O) groups is 1. The third kappa shape index (κ3) is 3.79. The Morgan fingerprint density at radius 2 is 1.37 bits per heavy atom. The zero-order valence-electron chi connectivity index (χ0n) is 15.6. The van der Waals surface area contributed by atoms with Gasteiger partial charge in [-0.1, -0.05) is 72.8 Å². The minimum atomic E-state index is -0.118. The molecule has 3 nitrogen and oxygen atoms in total. The zero-order valence-corrected chi connectivity index (χ0v) is 15.6. The van der Waals surface area contributed by atoms with Gasteiger partial charge in [0.15, 0.2) is 0 Å². The van der Waals surface area contributed by atoms with E-state index in [9.17, 15) is 4.79 Å². The molecule has 136 valence electrons. The van der Waals surface area contributed by atoms with Crippen molar-refractivity contribution in [3.05, 3.63) is 90.5 Å². The lowest BCUT2D eigenvalue weighted by molar-refractivity contribution is -0.125. The fourth-order valence-electron chi connectivity index (χ4n) is 3.67. The van der Waals surface area contributed by atoms with E-state index in [4.69, 9.17) is 0 Å². The Morgan fingerprint density at radius 3 is 2.04 bits per heavy atom. The third-order valence-electron chi connectivity index (χ3n) is 5.30. The molecule has 0 aliphatic carbocycles. The Morgan fingerprint density at radius 1 is 0.778 bits per heavy atom. The van der Waals surface area contributed by atoms with Crippen LogP contribution in [0.15, 0.2) is 84.9 Å². The van der Waals surface area contributed by atoms with E-state index in [2.05, 4.69) is 53.4 Å². The predicted octanol–water partition coefficient (Wildman–Crippen LogP) is 4.59. The maximum atomic E-state index is 13.0. The van der Waals surface area contributed by atoms with E-state index in [1.807, 2.05) is 48.2 Å². The average molecular weight is 356 g/mol. The quantitative estimate of drug-likeness (QED) is 0.682. The molecule has 0 aromatic heterocycles. The van der Waals surface area contributed by atoms with Gasteiger partial charge in [0.2, 0.25) is 5.91 Å². The Bertz CT molecular complexity index is 891. The molecule has 0 saturated carbocycles. The Balaban J connectivity index is 1.47. The number of anilines is 1. The van der Waals surface area contributed by atoms with Crippen molar-refractivity contribution in [2.45, 2.75) is 19.5 Å². The fourth-order valence-corrected chi connectivity index (χ4v) is 3.67. The summed E-state index contributed by atoms with van der Waals surface area (Å²) in [4.78, 5) is 17.1. The van der Waals surface area contributed by atoms with Crippen molar-refractivity contribution in [1.29, 1.82) is 0 Å². The zero-order chi connectivity index (χ0) is 18.6. The highest BCUT2D eigenvalue weighted by Crippen LogP contribution is 2.26. The van der Waals surface area contributed by atoms with Gasteiger partial charge in [-0.25, -0.2) is 0 Å². The molecular formula is C24H24N2O. The predicted molar refractivity (Wildman–Crippen MR) is 111 cm³/mol. The van der Waals surface area contributed by atoms with Crippen molar-refractivity contribution in [2.75, 3.05) is 18.0 Å². The van der Waals surface area contributed by atoms with Crippen molar-refractivity contribution >= 4 is 11.6 Å². The highest BCUT2D eigenvalue weighted by atomic mass is 16.2. The lowest BCUT2D eigenvalue weighted by atomic mass is 10.0. The minimum absolute atomic E-state index is 0.118. The summed E-state index contributed by atoms with van der Waals surface area (Å²) in [6.45, 7) is 4.42. The maximum Gasteiger partial charge on any atom is 0.244 e. The second-order valence-corrected chi connectivity index (χ2v) is 7.03. The standard InChI is InChI=1S/C24H24N2O/c1-19-24(27)26(17-16-25(19)18-20-8-4-2-5-9-20)23-14-12-22(13-15-23)21-10-6-3-7-11-21/h2-15,19H,16-18H2,1H3. The Labute approximate surface area is 160 Å². The highest BCUT2D eigenvalue weighted by molar-refractivity contribution is 5.97. The van der Waals surface area contributed by atoms with E-state index in [1.54, 1.807) is 0 Å². The average Bonchev–Trinajstić information content (AvgIpc) is 2.73. The summed E-state index contributed by atoms with van der Waals surface area (Å²) in [5, 5.41) is 0. The van der Waals surface area contributed by atoms with Gasteiger partial charge in [0, 0.05) is 25.3 Å². The molecule has 1 unspecified atom stereocenters. The van der Waals surface area contributed by atoms with Crippen molar-refractivity contribution < 1.29 is 4.79 Å². The second-order valence-electron chi connectivity index (χ2n) is 7.03. The van der Waals surface area contributed by atoms with E-state index < -0.39 is 0 Å². The van der Waals surface area contributed by atoms with Gasteiger partial charge in [-0.3, -0.25) is 9.69 Å². The first-order chi connectivity index (χ1) is 13.2. The van der Waals surface area contributed by atoms with Crippen molar-refractivity contribution in [3.8, 4) is 11.1 Å². The molecule has 1 amide bonds. The van der Waals surface area contributed by atoms with Gasteiger partial charge < -0.3 is 4.90 Å². The van der Waals surface area contributed by atoms with Crippen LogP contribution >= 0.6 is 0 Å². The first kappa shape index (κ1) is 17.5. The number of carbonyl (C=O) groups excluding carboxylic acids is 1. The van der Waals surface area contributed by atoms with Crippen LogP contribution in [-0.2, 0) is 11.3 Å². The van der Waals surface area contributed by atoms with Gasteiger partial charge in [-0.2, -0.15) is 0 Å². The number of piperazine rings is 1. The summed E-state index contributed by atoms with van der Waals surface area (Å²) in [6, 6.07) is 28.8. The molecule has 0 radical (unpaired) electrons. The number of hydrogen-bond acceptors (Lipinski definition) is 2. The number of nitrogens with zero attached hydrogens (tertiary/aromatic N) is 2. The molecule has 1 aliphatic rings. The van der Waals surface area contributed by atoms with Gasteiger partial charge in [-0.05, 0) is 35.7 Å². The van der Waals surface area contributed by atoms with Crippen LogP contribution in [0.2, 0.25) is 0 Å². The summed E-state index contributed by atoms with van der Waals surface area (Å²) in [5.74, 6) is 0.171. The molecule has 4 rings (SSSR count). The lowest BCUT2D eigenvalue weighted by Crippen LogP contribution is -2.55.